The van der Waals surface area contributed by atoms with Crippen LogP contribution in [0.3, 0.4) is 0 Å². The number of aromatic nitrogens is 2. The molecule has 1 saturated carbocycles. The summed E-state index contributed by atoms with van der Waals surface area (Å²) in [4.78, 5) is 55.6. The van der Waals surface area contributed by atoms with Gasteiger partial charge in [0.25, 0.3) is 11.5 Å². The predicted molar refractivity (Wildman–Crippen MR) is 141 cm³/mol. The van der Waals surface area contributed by atoms with E-state index in [0.29, 0.717) is 21.9 Å². The van der Waals surface area contributed by atoms with Gasteiger partial charge >= 0.3 is 18.2 Å². The molecule has 0 bridgehead atoms. The van der Waals surface area contributed by atoms with Gasteiger partial charge in [-0.1, -0.05) is 30.3 Å². The number of carbonyl (C=O) groups excluding carboxylic acids is 2. The van der Waals surface area contributed by atoms with Crippen molar-refractivity contribution in [2.45, 2.75) is 50.0 Å². The lowest BCUT2D eigenvalue weighted by Crippen LogP contribution is -2.70. The van der Waals surface area contributed by atoms with Gasteiger partial charge < -0.3 is 19.5 Å². The zero-order valence-electron chi connectivity index (χ0n) is 22.5. The van der Waals surface area contributed by atoms with Gasteiger partial charge in [0.05, 0.1) is 37.0 Å². The van der Waals surface area contributed by atoms with Gasteiger partial charge in [-0.05, 0) is 37.3 Å². The molecule has 1 aromatic heterocycles. The van der Waals surface area contributed by atoms with Crippen LogP contribution in [-0.4, -0.2) is 80.4 Å². The van der Waals surface area contributed by atoms with Crippen molar-refractivity contribution in [2.24, 2.45) is 0 Å². The van der Waals surface area contributed by atoms with Gasteiger partial charge in [0.15, 0.2) is 11.5 Å². The standard InChI is InChI=1S/C28H27F3N4O7/c1-41-21-14-20-19(23(36)33(16-32-20)15-17-5-3-2-4-6-17)13-22(21)42-18-7-9-27(10-8-18)24(37)34(26(39)40)11-12-35(27)25(38)28(29,30)31/h2-6,13-14,16,18H,7-12,15H2,1H3,(H,39,40)/t18-,27-. The Balaban J connectivity index is 1.40. The van der Waals surface area contributed by atoms with E-state index < -0.39 is 48.8 Å². The number of nitrogens with zero attached hydrogens (tertiary/aromatic N) is 4. The van der Waals surface area contributed by atoms with Crippen molar-refractivity contribution in [2.75, 3.05) is 20.2 Å². The Morgan fingerprint density at radius 3 is 2.38 bits per heavy atom. The molecule has 3 amide bonds. The molecule has 11 nitrogen and oxygen atoms in total. The van der Waals surface area contributed by atoms with Gasteiger partial charge in [0.2, 0.25) is 0 Å². The Hall–Kier alpha value is -4.62. The highest BCUT2D eigenvalue weighted by Crippen LogP contribution is 2.42. The Kier molecular flexibility index (Phi) is 7.56. The molecule has 14 heteroatoms. The van der Waals surface area contributed by atoms with Crippen molar-refractivity contribution < 1.29 is 42.1 Å². The number of imide groups is 1. The quantitative estimate of drug-likeness (QED) is 0.480. The lowest BCUT2D eigenvalue weighted by Gasteiger charge is -2.50. The maximum absolute atomic E-state index is 13.4. The summed E-state index contributed by atoms with van der Waals surface area (Å²) >= 11 is 0. The van der Waals surface area contributed by atoms with Crippen LogP contribution in [0.15, 0.2) is 53.6 Å². The smallest absolute Gasteiger partial charge is 0.471 e. The molecule has 0 atom stereocenters. The highest BCUT2D eigenvalue weighted by Gasteiger charge is 2.58. The van der Waals surface area contributed by atoms with E-state index in [1.165, 1.54) is 24.1 Å². The second-order valence-electron chi connectivity index (χ2n) is 10.2. The third-order valence-corrected chi connectivity index (χ3v) is 7.78. The maximum Gasteiger partial charge on any atom is 0.471 e. The fraction of sp³-hybridized carbons (Fsp3) is 0.393. The predicted octanol–water partition coefficient (Wildman–Crippen LogP) is 3.42. The van der Waals surface area contributed by atoms with Gasteiger partial charge in [-0.2, -0.15) is 13.2 Å². The van der Waals surface area contributed by atoms with Crippen molar-refractivity contribution >= 4 is 28.8 Å². The molecule has 1 aliphatic carbocycles. The first-order valence-corrected chi connectivity index (χ1v) is 13.2. The van der Waals surface area contributed by atoms with E-state index in [9.17, 15) is 37.5 Å². The SMILES string of the molecule is COc1cc2ncn(Cc3ccccc3)c(=O)c2cc1O[C@H]1CC[C@]2(CC1)C(=O)N(C(=O)O)CCN2C(=O)C(F)(F)F. The van der Waals surface area contributed by atoms with Crippen LogP contribution in [0.2, 0.25) is 0 Å². The first kappa shape index (κ1) is 28.9. The van der Waals surface area contributed by atoms with E-state index in [1.807, 2.05) is 30.3 Å². The summed E-state index contributed by atoms with van der Waals surface area (Å²) in [7, 11) is 1.41. The number of methoxy groups -OCH3 is 1. The average Bonchev–Trinajstić information content (AvgIpc) is 2.96. The number of benzene rings is 2. The topological polar surface area (TPSA) is 131 Å². The summed E-state index contributed by atoms with van der Waals surface area (Å²) in [6.07, 6.45) is -6.43. The molecule has 2 heterocycles. The molecule has 2 aliphatic rings. The maximum atomic E-state index is 13.4. The molecule has 2 fully saturated rings. The minimum atomic E-state index is -5.23. The number of rotatable bonds is 5. The average molecular weight is 589 g/mol. The highest BCUT2D eigenvalue weighted by atomic mass is 19.4. The largest absolute Gasteiger partial charge is 0.493 e. The molecule has 1 spiro atoms. The van der Waals surface area contributed by atoms with Gasteiger partial charge in [-0.15, -0.1) is 0 Å². The van der Waals surface area contributed by atoms with Gasteiger partial charge in [0.1, 0.15) is 5.54 Å². The number of amides is 3. The number of carboxylic acid groups (broad SMARTS) is 1. The molecule has 222 valence electrons. The molecule has 1 N–H and O–H groups in total. The molecule has 3 aromatic rings. The third-order valence-electron chi connectivity index (χ3n) is 7.78. The molecule has 42 heavy (non-hydrogen) atoms. The fourth-order valence-corrected chi connectivity index (χ4v) is 5.67. The van der Waals surface area contributed by atoms with Gasteiger partial charge in [0, 0.05) is 19.2 Å². The van der Waals surface area contributed by atoms with Crippen LogP contribution in [0, 0.1) is 0 Å². The molecular formula is C28H27F3N4O7. The normalized spacial score (nSPS) is 21.0. The van der Waals surface area contributed by atoms with E-state index in [4.69, 9.17) is 9.47 Å². The highest BCUT2D eigenvalue weighted by molar-refractivity contribution is 6.01. The molecule has 1 aliphatic heterocycles. The van der Waals surface area contributed by atoms with Crippen LogP contribution >= 0.6 is 0 Å². The summed E-state index contributed by atoms with van der Waals surface area (Å²) in [5, 5.41) is 9.69. The van der Waals surface area contributed by atoms with Crippen molar-refractivity contribution in [1.29, 1.82) is 0 Å². The van der Waals surface area contributed by atoms with Crippen LogP contribution in [0.1, 0.15) is 31.2 Å². The monoisotopic (exact) mass is 588 g/mol. The number of piperazine rings is 1. The minimum absolute atomic E-state index is 0.0350. The minimum Gasteiger partial charge on any atom is -0.493 e. The zero-order valence-corrected chi connectivity index (χ0v) is 22.5. The first-order valence-electron chi connectivity index (χ1n) is 13.2. The van der Waals surface area contributed by atoms with E-state index in [2.05, 4.69) is 4.98 Å². The van der Waals surface area contributed by atoms with Crippen LogP contribution in [0.25, 0.3) is 10.9 Å². The zero-order chi connectivity index (χ0) is 30.2. The molecule has 5 rings (SSSR count). The molecule has 1 saturated heterocycles. The van der Waals surface area contributed by atoms with Crippen molar-refractivity contribution in [3.05, 3.63) is 64.7 Å². The van der Waals surface area contributed by atoms with E-state index in [-0.39, 0.29) is 48.1 Å². The summed E-state index contributed by atoms with van der Waals surface area (Å²) in [6, 6.07) is 12.4. The van der Waals surface area contributed by atoms with Crippen LogP contribution < -0.4 is 15.0 Å². The lowest BCUT2D eigenvalue weighted by atomic mass is 9.76. The Morgan fingerprint density at radius 1 is 1.07 bits per heavy atom. The fourth-order valence-electron chi connectivity index (χ4n) is 5.67. The van der Waals surface area contributed by atoms with Gasteiger partial charge in [-0.25, -0.2) is 14.7 Å². The summed E-state index contributed by atoms with van der Waals surface area (Å²) in [5.74, 6) is -2.77. The first-order chi connectivity index (χ1) is 19.9. The second kappa shape index (κ2) is 11.0. The Morgan fingerprint density at radius 2 is 1.76 bits per heavy atom. The number of hydrogen-bond donors (Lipinski definition) is 1. The molecule has 0 unspecified atom stereocenters. The number of alkyl halides is 3. The van der Waals surface area contributed by atoms with Crippen LogP contribution in [-0.2, 0) is 16.1 Å². The number of hydrogen-bond acceptors (Lipinski definition) is 7. The van der Waals surface area contributed by atoms with Crippen molar-refractivity contribution in [3.8, 4) is 11.5 Å². The van der Waals surface area contributed by atoms with Crippen LogP contribution in [0.5, 0.6) is 11.5 Å². The second-order valence-corrected chi connectivity index (χ2v) is 10.2. The van der Waals surface area contributed by atoms with Crippen molar-refractivity contribution in [3.63, 3.8) is 0 Å². The summed E-state index contributed by atoms with van der Waals surface area (Å²) in [6.45, 7) is -0.825. The molecule has 2 aromatic carbocycles. The lowest BCUT2D eigenvalue weighted by molar-refractivity contribution is -0.199. The van der Waals surface area contributed by atoms with Gasteiger partial charge in [-0.3, -0.25) is 19.0 Å². The summed E-state index contributed by atoms with van der Waals surface area (Å²) < 4.78 is 53.3. The Bertz CT molecular complexity index is 1580. The van der Waals surface area contributed by atoms with Crippen molar-refractivity contribution in [1.82, 2.24) is 19.4 Å². The third kappa shape index (κ3) is 5.23. The number of carbonyl (C=O) groups is 3. The van der Waals surface area contributed by atoms with E-state index >= 15 is 0 Å². The van der Waals surface area contributed by atoms with Crippen LogP contribution in [0.4, 0.5) is 18.0 Å². The Labute approximate surface area is 237 Å². The molecular weight excluding hydrogens is 561 g/mol. The summed E-state index contributed by atoms with van der Waals surface area (Å²) in [5.41, 5.74) is -1.01. The number of halogens is 3. The van der Waals surface area contributed by atoms with E-state index in [1.54, 1.807) is 6.07 Å². The molecule has 0 radical (unpaired) electrons. The number of ether oxygens (including phenoxy) is 2. The number of fused-ring (bicyclic) bond motifs is 1. The van der Waals surface area contributed by atoms with E-state index in [0.717, 1.165) is 5.56 Å².